The molecule has 1 saturated heterocycles. The highest BCUT2D eigenvalue weighted by Gasteiger charge is 2.38. The highest BCUT2D eigenvalue weighted by atomic mass is 19.1. The van der Waals surface area contributed by atoms with Crippen molar-refractivity contribution in [2.75, 3.05) is 25.0 Å². The molecule has 2 fully saturated rings. The van der Waals surface area contributed by atoms with Crippen LogP contribution in [0.5, 0.6) is 0 Å². The topological polar surface area (TPSA) is 27.3 Å². The third-order valence-electron chi connectivity index (χ3n) is 8.79. The Balaban J connectivity index is 1.30. The van der Waals surface area contributed by atoms with Crippen molar-refractivity contribution in [1.29, 1.82) is 0 Å². The van der Waals surface area contributed by atoms with Crippen molar-refractivity contribution in [2.24, 2.45) is 0 Å². The molecule has 0 spiro atoms. The molecular weight excluding hydrogens is 457 g/mol. The number of hydrogen-bond donors (Lipinski definition) is 2. The Morgan fingerprint density at radius 3 is 2.43 bits per heavy atom. The van der Waals surface area contributed by atoms with Crippen LogP contribution in [0.15, 0.2) is 78.5 Å². The maximum absolute atomic E-state index is 13.7. The van der Waals surface area contributed by atoms with Gasteiger partial charge in [0.05, 0.1) is 0 Å². The van der Waals surface area contributed by atoms with E-state index in [1.54, 1.807) is 13.0 Å². The first kappa shape index (κ1) is 25.9. The maximum Gasteiger partial charge on any atom is 0.126 e. The van der Waals surface area contributed by atoms with Gasteiger partial charge in [0.15, 0.2) is 0 Å². The van der Waals surface area contributed by atoms with Crippen LogP contribution in [0.25, 0.3) is 0 Å². The minimum absolute atomic E-state index is 0.0735. The average Bonchev–Trinajstić information content (AvgIpc) is 3.46. The fourth-order valence-electron chi connectivity index (χ4n) is 6.38. The molecule has 2 aliphatic carbocycles. The molecule has 2 N–H and O–H groups in total. The van der Waals surface area contributed by atoms with Crippen molar-refractivity contribution in [2.45, 2.75) is 76.3 Å². The molecule has 196 valence electrons. The van der Waals surface area contributed by atoms with E-state index in [1.165, 1.54) is 48.4 Å². The Morgan fingerprint density at radius 1 is 1.05 bits per heavy atom. The SMILES string of the molecule is C=C(CNC1(c2ccc(C3C=CC(C)=CC3)cc2)CCN(C2CCCC2)CC1)Nc1ccc(F)c(C)c1. The summed E-state index contributed by atoms with van der Waals surface area (Å²) in [5.74, 6) is 0.287. The van der Waals surface area contributed by atoms with Crippen LogP contribution in [0.2, 0.25) is 0 Å². The fraction of sp³-hybridized carbons (Fsp3) is 0.455. The van der Waals surface area contributed by atoms with Gasteiger partial charge in [-0.25, -0.2) is 4.39 Å². The molecule has 1 saturated carbocycles. The van der Waals surface area contributed by atoms with Gasteiger partial charge in [-0.15, -0.1) is 0 Å². The molecular formula is C33H42FN3. The van der Waals surface area contributed by atoms with Crippen LogP contribution in [0.3, 0.4) is 0 Å². The second kappa shape index (κ2) is 11.4. The number of halogens is 1. The van der Waals surface area contributed by atoms with Crippen LogP contribution in [-0.4, -0.2) is 30.6 Å². The molecule has 1 aliphatic heterocycles. The molecule has 4 heteroatoms. The van der Waals surface area contributed by atoms with Gasteiger partial charge in [-0.3, -0.25) is 0 Å². The molecule has 2 aromatic rings. The number of likely N-dealkylation sites (tertiary alicyclic amines) is 1. The Kier molecular flexibility index (Phi) is 7.97. The Hall–Kier alpha value is -2.69. The van der Waals surface area contributed by atoms with E-state index in [0.717, 1.165) is 49.8 Å². The zero-order valence-corrected chi connectivity index (χ0v) is 22.5. The molecule has 3 nitrogen and oxygen atoms in total. The summed E-state index contributed by atoms with van der Waals surface area (Å²) in [5, 5.41) is 7.31. The molecule has 0 amide bonds. The molecule has 1 atom stereocenters. The van der Waals surface area contributed by atoms with Gasteiger partial charge in [0, 0.05) is 48.5 Å². The molecule has 5 rings (SSSR count). The largest absolute Gasteiger partial charge is 0.358 e. The van der Waals surface area contributed by atoms with Crippen molar-refractivity contribution in [3.05, 3.63) is 101 Å². The Bertz CT molecular complexity index is 1150. The lowest BCUT2D eigenvalue weighted by atomic mass is 9.79. The maximum atomic E-state index is 13.7. The normalized spacial score (nSPS) is 22.1. The van der Waals surface area contributed by atoms with Gasteiger partial charge in [0.2, 0.25) is 0 Å². The highest BCUT2D eigenvalue weighted by molar-refractivity contribution is 5.50. The van der Waals surface area contributed by atoms with Gasteiger partial charge in [0.1, 0.15) is 5.82 Å². The van der Waals surface area contributed by atoms with Gasteiger partial charge in [-0.05, 0) is 80.8 Å². The molecule has 0 aromatic heterocycles. The van der Waals surface area contributed by atoms with Crippen LogP contribution in [-0.2, 0) is 5.54 Å². The first-order chi connectivity index (χ1) is 17.9. The second-order valence-corrected chi connectivity index (χ2v) is 11.4. The lowest BCUT2D eigenvalue weighted by Crippen LogP contribution is -2.53. The number of anilines is 1. The van der Waals surface area contributed by atoms with E-state index in [-0.39, 0.29) is 11.4 Å². The van der Waals surface area contributed by atoms with E-state index >= 15 is 0 Å². The zero-order chi connectivity index (χ0) is 25.8. The van der Waals surface area contributed by atoms with Crippen LogP contribution < -0.4 is 10.6 Å². The van der Waals surface area contributed by atoms with Gasteiger partial charge in [-0.1, -0.05) is 67.5 Å². The van der Waals surface area contributed by atoms with E-state index in [4.69, 9.17) is 0 Å². The Morgan fingerprint density at radius 2 is 1.78 bits per heavy atom. The minimum Gasteiger partial charge on any atom is -0.358 e. The standard InChI is InChI=1S/C33H42FN3/c1-24-8-10-27(11-9-24)28-12-14-29(15-13-28)33(18-20-37(21-19-33)31-6-4-5-7-31)35-23-26(3)36-30-16-17-32(34)25(2)22-30/h8-10,12-17,22,27,31,35-36H,3-7,11,18-21,23H2,1-2H3. The number of allylic oxidation sites excluding steroid dienone is 4. The van der Waals surface area contributed by atoms with E-state index in [0.29, 0.717) is 18.0 Å². The number of nitrogens with zero attached hydrogens (tertiary/aromatic N) is 1. The first-order valence-electron chi connectivity index (χ1n) is 14.1. The van der Waals surface area contributed by atoms with Crippen molar-refractivity contribution in [3.8, 4) is 0 Å². The van der Waals surface area contributed by atoms with Gasteiger partial charge in [-0.2, -0.15) is 0 Å². The smallest absolute Gasteiger partial charge is 0.126 e. The molecule has 3 aliphatic rings. The van der Waals surface area contributed by atoms with Crippen LogP contribution in [0, 0.1) is 12.7 Å². The van der Waals surface area contributed by atoms with E-state index < -0.39 is 0 Å². The fourth-order valence-corrected chi connectivity index (χ4v) is 6.38. The Labute approximate surface area is 222 Å². The summed E-state index contributed by atoms with van der Waals surface area (Å²) in [6.07, 6.45) is 15.7. The quantitative estimate of drug-likeness (QED) is 0.392. The van der Waals surface area contributed by atoms with Crippen LogP contribution in [0.4, 0.5) is 10.1 Å². The predicted molar refractivity (Wildman–Crippen MR) is 153 cm³/mol. The summed E-state index contributed by atoms with van der Waals surface area (Å²) >= 11 is 0. The van der Waals surface area contributed by atoms with Crippen molar-refractivity contribution in [3.63, 3.8) is 0 Å². The number of nitrogens with one attached hydrogen (secondary N) is 2. The number of aryl methyl sites for hydroxylation is 1. The van der Waals surface area contributed by atoms with Crippen molar-refractivity contribution >= 4 is 5.69 Å². The highest BCUT2D eigenvalue weighted by Crippen LogP contribution is 2.37. The number of rotatable bonds is 8. The van der Waals surface area contributed by atoms with Gasteiger partial charge < -0.3 is 15.5 Å². The minimum atomic E-state index is -0.180. The summed E-state index contributed by atoms with van der Waals surface area (Å²) in [7, 11) is 0. The van der Waals surface area contributed by atoms with E-state index in [1.807, 2.05) is 6.07 Å². The third kappa shape index (κ3) is 6.08. The monoisotopic (exact) mass is 499 g/mol. The van der Waals surface area contributed by atoms with Gasteiger partial charge in [0.25, 0.3) is 0 Å². The molecule has 1 heterocycles. The van der Waals surface area contributed by atoms with E-state index in [2.05, 4.69) is 71.5 Å². The third-order valence-corrected chi connectivity index (χ3v) is 8.79. The molecule has 37 heavy (non-hydrogen) atoms. The predicted octanol–water partition coefficient (Wildman–Crippen LogP) is 7.57. The number of hydrogen-bond acceptors (Lipinski definition) is 3. The number of benzene rings is 2. The molecule has 2 aromatic carbocycles. The molecule has 0 bridgehead atoms. The summed E-state index contributed by atoms with van der Waals surface area (Å²) < 4.78 is 13.7. The van der Waals surface area contributed by atoms with E-state index in [9.17, 15) is 4.39 Å². The van der Waals surface area contributed by atoms with Crippen LogP contribution >= 0.6 is 0 Å². The van der Waals surface area contributed by atoms with Crippen molar-refractivity contribution in [1.82, 2.24) is 10.2 Å². The summed E-state index contributed by atoms with van der Waals surface area (Å²) in [5.41, 5.74) is 6.46. The lowest BCUT2D eigenvalue weighted by Gasteiger charge is -2.45. The number of piperidine rings is 1. The zero-order valence-electron chi connectivity index (χ0n) is 22.5. The summed E-state index contributed by atoms with van der Waals surface area (Å²) in [6, 6.07) is 15.3. The summed E-state index contributed by atoms with van der Waals surface area (Å²) in [4.78, 5) is 2.73. The lowest BCUT2D eigenvalue weighted by molar-refractivity contribution is 0.0999. The van der Waals surface area contributed by atoms with Crippen molar-refractivity contribution < 1.29 is 4.39 Å². The molecule has 1 unspecified atom stereocenters. The molecule has 0 radical (unpaired) electrons. The second-order valence-electron chi connectivity index (χ2n) is 11.4. The average molecular weight is 500 g/mol. The summed E-state index contributed by atoms with van der Waals surface area (Å²) in [6.45, 7) is 11.2. The van der Waals surface area contributed by atoms with Crippen LogP contribution in [0.1, 0.15) is 74.5 Å². The van der Waals surface area contributed by atoms with Gasteiger partial charge >= 0.3 is 0 Å². The first-order valence-corrected chi connectivity index (χ1v) is 14.1.